The van der Waals surface area contributed by atoms with E-state index in [1.807, 2.05) is 36.6 Å². The maximum atomic E-state index is 12.0. The lowest BCUT2D eigenvalue weighted by molar-refractivity contribution is 0.0955. The van der Waals surface area contributed by atoms with Gasteiger partial charge in [-0.3, -0.25) is 4.79 Å². The summed E-state index contributed by atoms with van der Waals surface area (Å²) < 4.78 is 1.14. The van der Waals surface area contributed by atoms with Gasteiger partial charge in [0.2, 0.25) is 0 Å². The number of hydrogen-bond donors (Lipinski definition) is 1. The van der Waals surface area contributed by atoms with Gasteiger partial charge in [0, 0.05) is 27.4 Å². The second kappa shape index (κ2) is 6.21. The van der Waals surface area contributed by atoms with Crippen LogP contribution in [0.1, 0.15) is 30.1 Å². The van der Waals surface area contributed by atoms with Crippen molar-refractivity contribution < 1.29 is 4.79 Å². The number of carbonyl (C=O) groups excluding carboxylic acids is 1. The fourth-order valence-electron chi connectivity index (χ4n) is 1.80. The SMILES string of the molecule is CCC(Cl)CCNC(=O)c1csc2ccccc12. The number of nitrogens with one attached hydrogen (secondary N) is 1. The summed E-state index contributed by atoms with van der Waals surface area (Å²) in [5.41, 5.74) is 0.762. The van der Waals surface area contributed by atoms with Crippen molar-refractivity contribution in [3.63, 3.8) is 0 Å². The molecule has 1 heterocycles. The topological polar surface area (TPSA) is 29.1 Å². The summed E-state index contributed by atoms with van der Waals surface area (Å²) >= 11 is 7.62. The van der Waals surface area contributed by atoms with Crippen LogP contribution in [0.25, 0.3) is 10.1 Å². The Morgan fingerprint density at radius 3 is 3.00 bits per heavy atom. The van der Waals surface area contributed by atoms with E-state index >= 15 is 0 Å². The van der Waals surface area contributed by atoms with Gasteiger partial charge in [0.1, 0.15) is 0 Å². The molecule has 18 heavy (non-hydrogen) atoms. The first kappa shape index (κ1) is 13.4. The van der Waals surface area contributed by atoms with Crippen molar-refractivity contribution in [2.75, 3.05) is 6.54 Å². The third-order valence-electron chi connectivity index (χ3n) is 2.91. The molecule has 1 aromatic heterocycles. The zero-order valence-corrected chi connectivity index (χ0v) is 11.9. The van der Waals surface area contributed by atoms with E-state index in [1.165, 1.54) is 0 Å². The monoisotopic (exact) mass is 281 g/mol. The van der Waals surface area contributed by atoms with E-state index < -0.39 is 0 Å². The van der Waals surface area contributed by atoms with Gasteiger partial charge >= 0.3 is 0 Å². The number of hydrogen-bond acceptors (Lipinski definition) is 2. The van der Waals surface area contributed by atoms with Crippen molar-refractivity contribution in [1.29, 1.82) is 0 Å². The molecule has 0 bridgehead atoms. The molecule has 2 nitrogen and oxygen atoms in total. The third-order valence-corrected chi connectivity index (χ3v) is 4.40. The fourth-order valence-corrected chi connectivity index (χ4v) is 2.85. The fraction of sp³-hybridized carbons (Fsp3) is 0.357. The molecule has 2 aromatic rings. The lowest BCUT2D eigenvalue weighted by atomic mass is 10.1. The molecule has 0 fully saturated rings. The third kappa shape index (κ3) is 3.03. The van der Waals surface area contributed by atoms with E-state index in [4.69, 9.17) is 11.6 Å². The molecule has 0 saturated heterocycles. The van der Waals surface area contributed by atoms with E-state index in [0.29, 0.717) is 6.54 Å². The lowest BCUT2D eigenvalue weighted by Crippen LogP contribution is -2.25. The molecule has 4 heteroatoms. The zero-order chi connectivity index (χ0) is 13.0. The number of rotatable bonds is 5. The number of amides is 1. The molecule has 0 aliphatic carbocycles. The van der Waals surface area contributed by atoms with Crippen molar-refractivity contribution in [2.45, 2.75) is 25.1 Å². The van der Waals surface area contributed by atoms with E-state index in [9.17, 15) is 4.79 Å². The molecular formula is C14H16ClNOS. The highest BCUT2D eigenvalue weighted by atomic mass is 35.5. The Hall–Kier alpha value is -1.06. The standard InChI is InChI=1S/C14H16ClNOS/c1-2-10(15)7-8-16-14(17)12-9-18-13-6-4-3-5-11(12)13/h3-6,9-10H,2,7-8H2,1H3,(H,16,17). The smallest absolute Gasteiger partial charge is 0.252 e. The molecule has 0 spiro atoms. The summed E-state index contributed by atoms with van der Waals surface area (Å²) in [4.78, 5) is 12.0. The quantitative estimate of drug-likeness (QED) is 0.824. The Labute approximate surface area is 116 Å². The van der Waals surface area contributed by atoms with Crippen molar-refractivity contribution in [2.24, 2.45) is 0 Å². The van der Waals surface area contributed by atoms with Crippen LogP contribution in [0.5, 0.6) is 0 Å². The van der Waals surface area contributed by atoms with Crippen molar-refractivity contribution in [3.05, 3.63) is 35.2 Å². The van der Waals surface area contributed by atoms with Gasteiger partial charge in [-0.2, -0.15) is 0 Å². The van der Waals surface area contributed by atoms with Crippen LogP contribution in [0.3, 0.4) is 0 Å². The van der Waals surface area contributed by atoms with Gasteiger partial charge < -0.3 is 5.32 Å². The normalized spacial score (nSPS) is 12.6. The first-order valence-electron chi connectivity index (χ1n) is 6.11. The van der Waals surface area contributed by atoms with E-state index in [0.717, 1.165) is 28.5 Å². The molecular weight excluding hydrogens is 266 g/mol. The first-order chi connectivity index (χ1) is 8.72. The zero-order valence-electron chi connectivity index (χ0n) is 10.3. The minimum absolute atomic E-state index is 0.00702. The molecule has 0 aliphatic rings. The minimum atomic E-state index is -0.00702. The summed E-state index contributed by atoms with van der Waals surface area (Å²) in [5, 5.41) is 6.01. The minimum Gasteiger partial charge on any atom is -0.352 e. The van der Waals surface area contributed by atoms with Crippen LogP contribution in [-0.2, 0) is 0 Å². The van der Waals surface area contributed by atoms with Gasteiger partial charge in [-0.05, 0) is 18.9 Å². The molecule has 1 unspecified atom stereocenters. The average molecular weight is 282 g/mol. The number of thiophene rings is 1. The maximum absolute atomic E-state index is 12.0. The maximum Gasteiger partial charge on any atom is 0.252 e. The van der Waals surface area contributed by atoms with Crippen molar-refractivity contribution in [1.82, 2.24) is 5.32 Å². The van der Waals surface area contributed by atoms with Crippen LogP contribution in [0.2, 0.25) is 0 Å². The molecule has 0 saturated carbocycles. The summed E-state index contributed by atoms with van der Waals surface area (Å²) in [6.45, 7) is 2.68. The Morgan fingerprint density at radius 1 is 1.44 bits per heavy atom. The summed E-state index contributed by atoms with van der Waals surface area (Å²) in [6, 6.07) is 7.96. The van der Waals surface area contributed by atoms with E-state index in [-0.39, 0.29) is 11.3 Å². The van der Waals surface area contributed by atoms with Gasteiger partial charge in [-0.25, -0.2) is 0 Å². The van der Waals surface area contributed by atoms with Crippen LogP contribution in [0, 0.1) is 0 Å². The number of alkyl halides is 1. The highest BCUT2D eigenvalue weighted by Crippen LogP contribution is 2.25. The second-order valence-electron chi connectivity index (χ2n) is 4.20. The van der Waals surface area contributed by atoms with Gasteiger partial charge in [-0.1, -0.05) is 25.1 Å². The first-order valence-corrected chi connectivity index (χ1v) is 7.42. The van der Waals surface area contributed by atoms with Crippen LogP contribution in [0.4, 0.5) is 0 Å². The van der Waals surface area contributed by atoms with E-state index in [2.05, 4.69) is 5.32 Å². The Morgan fingerprint density at radius 2 is 2.22 bits per heavy atom. The number of halogens is 1. The molecule has 1 N–H and O–H groups in total. The lowest BCUT2D eigenvalue weighted by Gasteiger charge is -2.07. The molecule has 2 rings (SSSR count). The molecule has 0 aliphatic heterocycles. The van der Waals surface area contributed by atoms with Gasteiger partial charge in [-0.15, -0.1) is 22.9 Å². The summed E-state index contributed by atoms with van der Waals surface area (Å²) in [5.74, 6) is -0.00702. The number of benzene rings is 1. The predicted octanol–water partition coefficient (Wildman–Crippen LogP) is 4.04. The Kier molecular flexibility index (Phi) is 4.61. The number of fused-ring (bicyclic) bond motifs is 1. The van der Waals surface area contributed by atoms with Crippen LogP contribution >= 0.6 is 22.9 Å². The van der Waals surface area contributed by atoms with Gasteiger partial charge in [0.05, 0.1) is 5.56 Å². The predicted molar refractivity (Wildman–Crippen MR) is 78.7 cm³/mol. The highest BCUT2D eigenvalue weighted by Gasteiger charge is 2.11. The molecule has 0 radical (unpaired) electrons. The number of carbonyl (C=O) groups is 1. The average Bonchev–Trinajstić information content (AvgIpc) is 2.82. The highest BCUT2D eigenvalue weighted by molar-refractivity contribution is 7.17. The Balaban J connectivity index is 2.01. The van der Waals surface area contributed by atoms with Crippen molar-refractivity contribution in [3.8, 4) is 0 Å². The molecule has 1 atom stereocenters. The van der Waals surface area contributed by atoms with Crippen molar-refractivity contribution >= 4 is 38.9 Å². The van der Waals surface area contributed by atoms with Gasteiger partial charge in [0.15, 0.2) is 0 Å². The summed E-state index contributed by atoms with van der Waals surface area (Å²) in [6.07, 6.45) is 1.74. The molecule has 96 valence electrons. The van der Waals surface area contributed by atoms with Crippen LogP contribution < -0.4 is 5.32 Å². The largest absolute Gasteiger partial charge is 0.352 e. The van der Waals surface area contributed by atoms with Gasteiger partial charge in [0.25, 0.3) is 5.91 Å². The van der Waals surface area contributed by atoms with E-state index in [1.54, 1.807) is 11.3 Å². The van der Waals surface area contributed by atoms with Crippen LogP contribution in [-0.4, -0.2) is 17.8 Å². The molecule has 1 amide bonds. The second-order valence-corrected chi connectivity index (χ2v) is 5.72. The van der Waals surface area contributed by atoms with Crippen LogP contribution in [0.15, 0.2) is 29.6 Å². The molecule has 1 aromatic carbocycles. The summed E-state index contributed by atoms with van der Waals surface area (Å²) in [7, 11) is 0. The Bertz CT molecular complexity index is 537.